The van der Waals surface area contributed by atoms with Crippen LogP contribution in [0.4, 0.5) is 0 Å². The van der Waals surface area contributed by atoms with Gasteiger partial charge in [0.1, 0.15) is 0 Å². The molecule has 0 amide bonds. The van der Waals surface area contributed by atoms with Crippen LogP contribution in [0, 0.1) is 5.41 Å². The van der Waals surface area contributed by atoms with Gasteiger partial charge < -0.3 is 0 Å². The maximum atomic E-state index is 3.86. The molecule has 1 rings (SSSR count). The molecule has 0 aliphatic rings. The van der Waals surface area contributed by atoms with Crippen molar-refractivity contribution in [3.05, 3.63) is 35.0 Å². The van der Waals surface area contributed by atoms with Gasteiger partial charge in [-0.25, -0.2) is 0 Å². The average molecular weight is 245 g/mol. The van der Waals surface area contributed by atoms with Gasteiger partial charge in [0, 0.05) is 10.2 Å². The first-order valence-electron chi connectivity index (χ1n) is 3.92. The molecule has 1 aromatic heterocycles. The molecule has 1 aromatic rings. The molecule has 1 unspecified atom stereocenters. The van der Waals surface area contributed by atoms with Gasteiger partial charge in [-0.2, -0.15) is 0 Å². The molecule has 1 heterocycles. The van der Waals surface area contributed by atoms with Crippen LogP contribution < -0.4 is 0 Å². The zero-order valence-electron chi connectivity index (χ0n) is 7.22. The second-order valence-electron chi connectivity index (χ2n) is 3.25. The van der Waals surface area contributed by atoms with Crippen molar-refractivity contribution in [2.45, 2.75) is 13.3 Å². The Morgan fingerprint density at radius 1 is 1.75 bits per heavy atom. The molecule has 0 nitrogen and oxygen atoms in total. The molecule has 1 atom stereocenters. The van der Waals surface area contributed by atoms with Crippen LogP contribution in [0.25, 0.3) is 0 Å². The summed E-state index contributed by atoms with van der Waals surface area (Å²) < 4.78 is 0. The van der Waals surface area contributed by atoms with Gasteiger partial charge in [0.25, 0.3) is 0 Å². The Morgan fingerprint density at radius 2 is 2.50 bits per heavy atom. The molecule has 0 fully saturated rings. The molecule has 0 N–H and O–H groups in total. The van der Waals surface area contributed by atoms with E-state index in [1.807, 2.05) is 17.4 Å². The summed E-state index contributed by atoms with van der Waals surface area (Å²) in [7, 11) is 0. The van der Waals surface area contributed by atoms with Crippen LogP contribution in [0.1, 0.15) is 11.8 Å². The summed E-state index contributed by atoms with van der Waals surface area (Å²) in [5.41, 5.74) is 0.199. The van der Waals surface area contributed by atoms with Gasteiger partial charge >= 0.3 is 0 Å². The van der Waals surface area contributed by atoms with E-state index in [4.69, 9.17) is 0 Å². The van der Waals surface area contributed by atoms with Crippen LogP contribution in [0.15, 0.2) is 30.2 Å². The number of halogens is 1. The molecular formula is C10H13BrS. The molecule has 0 spiro atoms. The third kappa shape index (κ3) is 2.46. The van der Waals surface area contributed by atoms with Crippen LogP contribution in [-0.4, -0.2) is 5.33 Å². The lowest BCUT2D eigenvalue weighted by molar-refractivity contribution is 0.498. The molecule has 0 saturated heterocycles. The van der Waals surface area contributed by atoms with Crippen molar-refractivity contribution in [2.24, 2.45) is 5.41 Å². The minimum atomic E-state index is 0.199. The van der Waals surface area contributed by atoms with E-state index in [-0.39, 0.29) is 5.41 Å². The Labute approximate surface area is 86.4 Å². The largest absolute Gasteiger partial charge is 0.149 e. The Hall–Kier alpha value is -0.0800. The number of allylic oxidation sites excluding steroid dienone is 1. The first-order chi connectivity index (χ1) is 5.70. The second-order valence-corrected chi connectivity index (χ2v) is 4.84. The van der Waals surface area contributed by atoms with E-state index in [0.717, 1.165) is 11.8 Å². The fourth-order valence-electron chi connectivity index (χ4n) is 0.985. The molecule has 0 aliphatic carbocycles. The fraction of sp³-hybridized carbons (Fsp3) is 0.400. The van der Waals surface area contributed by atoms with Crippen LogP contribution in [0.2, 0.25) is 0 Å². The summed E-state index contributed by atoms with van der Waals surface area (Å²) in [5, 5.41) is 3.09. The van der Waals surface area contributed by atoms with Crippen molar-refractivity contribution in [1.82, 2.24) is 0 Å². The Bertz CT molecular complexity index is 240. The lowest BCUT2D eigenvalue weighted by atomic mass is 9.89. The van der Waals surface area contributed by atoms with Crippen molar-refractivity contribution in [2.75, 3.05) is 5.33 Å². The van der Waals surface area contributed by atoms with E-state index in [1.165, 1.54) is 4.88 Å². The predicted octanol–water partition coefficient (Wildman–Crippen LogP) is 3.88. The normalized spacial score (nSPS) is 15.5. The van der Waals surface area contributed by atoms with Crippen LogP contribution in [-0.2, 0) is 6.42 Å². The Morgan fingerprint density at radius 3 is 2.92 bits per heavy atom. The summed E-state index contributed by atoms with van der Waals surface area (Å²) in [5.74, 6) is 0. The van der Waals surface area contributed by atoms with Gasteiger partial charge in [0.15, 0.2) is 0 Å². The Kier molecular flexibility index (Phi) is 3.53. The molecule has 0 radical (unpaired) electrons. The lowest BCUT2D eigenvalue weighted by Crippen LogP contribution is -2.17. The molecule has 0 bridgehead atoms. The maximum Gasteiger partial charge on any atom is 0.0123 e. The second kappa shape index (κ2) is 4.24. The van der Waals surface area contributed by atoms with E-state index < -0.39 is 0 Å². The smallest absolute Gasteiger partial charge is 0.0123 e. The number of alkyl halides is 1. The Balaban J connectivity index is 2.66. The van der Waals surface area contributed by atoms with Crippen molar-refractivity contribution in [3.63, 3.8) is 0 Å². The van der Waals surface area contributed by atoms with Crippen molar-refractivity contribution in [3.8, 4) is 0 Å². The molecule has 66 valence electrons. The van der Waals surface area contributed by atoms with Gasteiger partial charge in [0.2, 0.25) is 0 Å². The number of thiophene rings is 1. The fourth-order valence-corrected chi connectivity index (χ4v) is 2.31. The molecule has 0 aliphatic heterocycles. The zero-order chi connectivity index (χ0) is 9.03. The van der Waals surface area contributed by atoms with Crippen molar-refractivity contribution < 1.29 is 0 Å². The van der Waals surface area contributed by atoms with Gasteiger partial charge in [-0.05, 0) is 23.3 Å². The van der Waals surface area contributed by atoms with Gasteiger partial charge in [0.05, 0.1) is 0 Å². The summed E-state index contributed by atoms with van der Waals surface area (Å²) in [6.07, 6.45) is 3.11. The van der Waals surface area contributed by atoms with Crippen LogP contribution in [0.5, 0.6) is 0 Å². The van der Waals surface area contributed by atoms with E-state index in [2.05, 4.69) is 46.9 Å². The zero-order valence-corrected chi connectivity index (χ0v) is 9.62. The van der Waals surface area contributed by atoms with Crippen molar-refractivity contribution in [1.29, 1.82) is 0 Å². The predicted molar refractivity (Wildman–Crippen MR) is 60.1 cm³/mol. The summed E-state index contributed by atoms with van der Waals surface area (Å²) >= 11 is 5.32. The lowest BCUT2D eigenvalue weighted by Gasteiger charge is -2.21. The topological polar surface area (TPSA) is 0 Å². The minimum Gasteiger partial charge on any atom is -0.149 e. The summed E-state index contributed by atoms with van der Waals surface area (Å²) in [4.78, 5) is 1.43. The SMILES string of the molecule is C=CC(C)(CBr)Cc1cccs1. The molecule has 2 heteroatoms. The first-order valence-corrected chi connectivity index (χ1v) is 5.92. The number of hydrogen-bond acceptors (Lipinski definition) is 1. The van der Waals surface area contributed by atoms with Gasteiger partial charge in [-0.15, -0.1) is 17.9 Å². The third-order valence-corrected chi connectivity index (χ3v) is 4.11. The molecule has 12 heavy (non-hydrogen) atoms. The first kappa shape index (κ1) is 10.0. The monoisotopic (exact) mass is 244 g/mol. The molecular weight excluding hydrogens is 232 g/mol. The quantitative estimate of drug-likeness (QED) is 0.557. The molecule has 0 saturated carbocycles. The van der Waals surface area contributed by atoms with Crippen molar-refractivity contribution >= 4 is 27.3 Å². The van der Waals surface area contributed by atoms with Crippen LogP contribution >= 0.6 is 27.3 Å². The van der Waals surface area contributed by atoms with Crippen LogP contribution in [0.3, 0.4) is 0 Å². The summed E-state index contributed by atoms with van der Waals surface area (Å²) in [6, 6.07) is 4.27. The third-order valence-electron chi connectivity index (χ3n) is 1.96. The van der Waals surface area contributed by atoms with Gasteiger partial charge in [-0.1, -0.05) is 35.0 Å². The highest BCUT2D eigenvalue weighted by Crippen LogP contribution is 2.27. The van der Waals surface area contributed by atoms with E-state index in [9.17, 15) is 0 Å². The van der Waals surface area contributed by atoms with E-state index in [1.54, 1.807) is 0 Å². The number of hydrogen-bond donors (Lipinski definition) is 0. The highest BCUT2D eigenvalue weighted by atomic mass is 79.9. The average Bonchev–Trinajstić information content (AvgIpc) is 2.57. The maximum absolute atomic E-state index is 3.86. The van der Waals surface area contributed by atoms with E-state index in [0.29, 0.717) is 0 Å². The van der Waals surface area contributed by atoms with Gasteiger partial charge in [-0.3, -0.25) is 0 Å². The minimum absolute atomic E-state index is 0.199. The van der Waals surface area contributed by atoms with E-state index >= 15 is 0 Å². The highest BCUT2D eigenvalue weighted by molar-refractivity contribution is 9.09. The highest BCUT2D eigenvalue weighted by Gasteiger charge is 2.19. The summed E-state index contributed by atoms with van der Waals surface area (Å²) in [6.45, 7) is 6.08. The molecule has 0 aromatic carbocycles. The standard InChI is InChI=1S/C10H13BrS/c1-3-10(2,8-11)7-9-5-4-6-12-9/h3-6H,1,7-8H2,2H3. The number of rotatable bonds is 4.